The highest BCUT2D eigenvalue weighted by Gasteiger charge is 2.15. The van der Waals surface area contributed by atoms with Crippen molar-refractivity contribution in [3.63, 3.8) is 0 Å². The lowest BCUT2D eigenvalue weighted by atomic mass is 10.2. The first-order chi connectivity index (χ1) is 13.7. The van der Waals surface area contributed by atoms with Gasteiger partial charge in [-0.2, -0.15) is 0 Å². The number of ether oxygens (including phenoxy) is 1. The summed E-state index contributed by atoms with van der Waals surface area (Å²) in [5, 5.41) is 3.66. The van der Waals surface area contributed by atoms with Gasteiger partial charge < -0.3 is 15.0 Å². The highest BCUT2D eigenvalue weighted by molar-refractivity contribution is 8.00. The number of nitrogens with one attached hydrogen (secondary N) is 2. The number of hydrogen-bond donors (Lipinski definition) is 2. The van der Waals surface area contributed by atoms with Gasteiger partial charge in [0.25, 0.3) is 0 Å². The van der Waals surface area contributed by atoms with Crippen molar-refractivity contribution < 1.29 is 9.53 Å². The summed E-state index contributed by atoms with van der Waals surface area (Å²) in [6, 6.07) is 18.3. The number of thioether (sulfide) groups is 2. The second-order valence-corrected chi connectivity index (χ2v) is 7.84. The van der Waals surface area contributed by atoms with Crippen LogP contribution < -0.4 is 5.32 Å². The molecule has 0 radical (unpaired) electrons. The third-order valence-corrected chi connectivity index (χ3v) is 5.78. The molecular weight excluding hydrogens is 390 g/mol. The van der Waals surface area contributed by atoms with Gasteiger partial charge in [0.1, 0.15) is 10.9 Å². The predicted molar refractivity (Wildman–Crippen MR) is 117 cm³/mol. The van der Waals surface area contributed by atoms with Crippen LogP contribution in [0.15, 0.2) is 64.5 Å². The summed E-state index contributed by atoms with van der Waals surface area (Å²) in [6.45, 7) is 1.01. The van der Waals surface area contributed by atoms with Crippen molar-refractivity contribution >= 4 is 29.4 Å². The molecule has 0 aliphatic rings. The molecule has 0 fully saturated rings. The molecule has 7 heteroatoms. The zero-order valence-corrected chi connectivity index (χ0v) is 17.5. The molecule has 0 atom stereocenters. The Labute approximate surface area is 173 Å². The highest BCUT2D eigenvalue weighted by atomic mass is 32.2. The minimum Gasteiger partial charge on any atom is -0.383 e. The van der Waals surface area contributed by atoms with Crippen LogP contribution in [0.5, 0.6) is 0 Å². The molecule has 3 rings (SSSR count). The molecule has 0 aliphatic heterocycles. The Morgan fingerprint density at radius 1 is 1.11 bits per heavy atom. The smallest absolute Gasteiger partial charge is 0.230 e. The number of methoxy groups -OCH3 is 1. The highest BCUT2D eigenvalue weighted by Crippen LogP contribution is 2.32. The molecule has 0 unspecified atom stereocenters. The number of amides is 1. The predicted octanol–water partition coefficient (Wildman–Crippen LogP) is 4.32. The first kappa shape index (κ1) is 20.5. The van der Waals surface area contributed by atoms with Crippen molar-refractivity contribution in [2.45, 2.75) is 9.92 Å². The lowest BCUT2D eigenvalue weighted by Crippen LogP contribution is -2.28. The van der Waals surface area contributed by atoms with Crippen LogP contribution in [0.2, 0.25) is 0 Å². The molecule has 0 bridgehead atoms. The van der Waals surface area contributed by atoms with Gasteiger partial charge in [0, 0.05) is 29.7 Å². The molecule has 0 spiro atoms. The van der Waals surface area contributed by atoms with E-state index in [0.717, 1.165) is 27.7 Å². The van der Waals surface area contributed by atoms with Crippen molar-refractivity contribution in [3.8, 4) is 22.6 Å². The fourth-order valence-electron chi connectivity index (χ4n) is 2.63. The van der Waals surface area contributed by atoms with Gasteiger partial charge in [0.05, 0.1) is 18.1 Å². The van der Waals surface area contributed by atoms with Crippen LogP contribution in [0.3, 0.4) is 0 Å². The van der Waals surface area contributed by atoms with E-state index in [1.165, 1.54) is 16.7 Å². The van der Waals surface area contributed by atoms with E-state index < -0.39 is 0 Å². The second-order valence-electron chi connectivity index (χ2n) is 5.99. The Morgan fingerprint density at radius 3 is 2.54 bits per heavy atom. The Morgan fingerprint density at radius 2 is 1.86 bits per heavy atom. The SMILES string of the molecule is COCCNC(=O)CSc1nc(-c2ccc(SC)cc2)[nH]c1-c1ccccc1. The zero-order valence-electron chi connectivity index (χ0n) is 15.9. The maximum absolute atomic E-state index is 12.1. The Balaban J connectivity index is 1.82. The van der Waals surface area contributed by atoms with Gasteiger partial charge in [-0.25, -0.2) is 4.98 Å². The first-order valence-electron chi connectivity index (χ1n) is 8.89. The lowest BCUT2D eigenvalue weighted by Gasteiger charge is -2.04. The molecule has 3 aromatic rings. The summed E-state index contributed by atoms with van der Waals surface area (Å²) in [5.74, 6) is 1.07. The number of aromatic amines is 1. The number of H-pyrrole nitrogens is 1. The quantitative estimate of drug-likeness (QED) is 0.404. The Bertz CT molecular complexity index is 896. The van der Waals surface area contributed by atoms with Gasteiger partial charge in [-0.05, 0) is 18.4 Å². The van der Waals surface area contributed by atoms with Gasteiger partial charge in [0.2, 0.25) is 5.91 Å². The van der Waals surface area contributed by atoms with Gasteiger partial charge in [0.15, 0.2) is 0 Å². The number of imidazole rings is 1. The first-order valence-corrected chi connectivity index (χ1v) is 11.1. The Kier molecular flexibility index (Phi) is 7.59. The molecule has 2 N–H and O–H groups in total. The molecule has 0 saturated heterocycles. The van der Waals surface area contributed by atoms with E-state index in [0.29, 0.717) is 18.9 Å². The van der Waals surface area contributed by atoms with Crippen LogP contribution in [0.4, 0.5) is 0 Å². The molecule has 1 aromatic heterocycles. The number of rotatable bonds is 9. The minimum absolute atomic E-state index is 0.0325. The lowest BCUT2D eigenvalue weighted by molar-refractivity contribution is -0.118. The third kappa shape index (κ3) is 5.41. The number of carbonyl (C=O) groups excluding carboxylic acids is 1. The summed E-state index contributed by atoms with van der Waals surface area (Å²) < 4.78 is 4.96. The fourth-order valence-corrected chi connectivity index (χ4v) is 3.87. The summed E-state index contributed by atoms with van der Waals surface area (Å²) in [7, 11) is 1.62. The van der Waals surface area contributed by atoms with Crippen molar-refractivity contribution in [2.75, 3.05) is 32.3 Å². The van der Waals surface area contributed by atoms with E-state index in [1.807, 2.05) is 30.3 Å². The Hall–Kier alpha value is -2.22. The van der Waals surface area contributed by atoms with E-state index >= 15 is 0 Å². The van der Waals surface area contributed by atoms with Gasteiger partial charge in [-0.3, -0.25) is 4.79 Å². The largest absolute Gasteiger partial charge is 0.383 e. The standard InChI is InChI=1S/C21H23N3O2S2/c1-26-13-12-22-18(25)14-28-21-19(15-6-4-3-5-7-15)23-20(24-21)16-8-10-17(27-2)11-9-16/h3-11H,12-14H2,1-2H3,(H,22,25)(H,23,24). The number of carbonyl (C=O) groups is 1. The van der Waals surface area contributed by atoms with Crippen molar-refractivity contribution in [1.82, 2.24) is 15.3 Å². The molecule has 146 valence electrons. The molecule has 2 aromatic carbocycles. The van der Waals surface area contributed by atoms with Gasteiger partial charge in [-0.1, -0.05) is 54.2 Å². The van der Waals surface area contributed by atoms with E-state index in [9.17, 15) is 4.79 Å². The van der Waals surface area contributed by atoms with Crippen LogP contribution in [0, 0.1) is 0 Å². The van der Waals surface area contributed by atoms with Crippen LogP contribution >= 0.6 is 23.5 Å². The maximum atomic E-state index is 12.1. The summed E-state index contributed by atoms with van der Waals surface area (Å²) >= 11 is 3.14. The van der Waals surface area contributed by atoms with Crippen molar-refractivity contribution in [2.24, 2.45) is 0 Å². The number of nitrogens with zero attached hydrogens (tertiary/aromatic N) is 1. The molecule has 0 aliphatic carbocycles. The average Bonchev–Trinajstić information content (AvgIpc) is 3.17. The van der Waals surface area contributed by atoms with Gasteiger partial charge in [-0.15, -0.1) is 11.8 Å². The molecular formula is C21H23N3O2S2. The van der Waals surface area contributed by atoms with Crippen LogP contribution in [-0.4, -0.2) is 48.1 Å². The fraction of sp³-hybridized carbons (Fsp3) is 0.238. The van der Waals surface area contributed by atoms with Crippen LogP contribution in [-0.2, 0) is 9.53 Å². The summed E-state index contributed by atoms with van der Waals surface area (Å²) in [6.07, 6.45) is 2.06. The third-order valence-electron chi connectivity index (χ3n) is 4.06. The van der Waals surface area contributed by atoms with E-state index in [4.69, 9.17) is 9.72 Å². The second kappa shape index (κ2) is 10.4. The molecule has 5 nitrogen and oxygen atoms in total. The summed E-state index contributed by atoms with van der Waals surface area (Å²) in [5.41, 5.74) is 3.00. The van der Waals surface area contributed by atoms with Crippen molar-refractivity contribution in [1.29, 1.82) is 0 Å². The maximum Gasteiger partial charge on any atom is 0.230 e. The van der Waals surface area contributed by atoms with Crippen molar-refractivity contribution in [3.05, 3.63) is 54.6 Å². The zero-order chi connectivity index (χ0) is 19.8. The normalized spacial score (nSPS) is 10.8. The molecule has 1 amide bonds. The topological polar surface area (TPSA) is 67.0 Å². The van der Waals surface area contributed by atoms with E-state index in [2.05, 4.69) is 40.8 Å². The molecule has 28 heavy (non-hydrogen) atoms. The monoisotopic (exact) mass is 413 g/mol. The number of benzene rings is 2. The minimum atomic E-state index is -0.0325. The van der Waals surface area contributed by atoms with Gasteiger partial charge >= 0.3 is 0 Å². The van der Waals surface area contributed by atoms with Crippen LogP contribution in [0.25, 0.3) is 22.6 Å². The molecule has 0 saturated carbocycles. The summed E-state index contributed by atoms with van der Waals surface area (Å²) in [4.78, 5) is 21.5. The number of aromatic nitrogens is 2. The van der Waals surface area contributed by atoms with E-state index in [1.54, 1.807) is 18.9 Å². The molecule has 1 heterocycles. The van der Waals surface area contributed by atoms with Crippen LogP contribution in [0.1, 0.15) is 0 Å². The number of hydrogen-bond acceptors (Lipinski definition) is 5. The average molecular weight is 414 g/mol. The van der Waals surface area contributed by atoms with E-state index in [-0.39, 0.29) is 5.91 Å².